The summed E-state index contributed by atoms with van der Waals surface area (Å²) in [6, 6.07) is 27.4. The summed E-state index contributed by atoms with van der Waals surface area (Å²) in [7, 11) is 1.59. The Morgan fingerprint density at radius 1 is 1.00 bits per heavy atom. The number of unbranched alkanes of at least 4 members (excludes halogenated alkanes) is 1. The molecule has 2 heterocycles. The average Bonchev–Trinajstić information content (AvgIpc) is 3.24. The largest absolute Gasteiger partial charge is 0.506 e. The molecule has 5 aromatic carbocycles. The fraction of sp³-hybridized carbons (Fsp3) is 0.191. The molecule has 8 N–H and O–H groups in total. The van der Waals surface area contributed by atoms with Crippen LogP contribution in [-0.2, 0) is 4.79 Å². The minimum absolute atomic E-state index is 0.122. The van der Waals surface area contributed by atoms with Gasteiger partial charge in [0.15, 0.2) is 12.4 Å². The van der Waals surface area contributed by atoms with Crippen LogP contribution in [0.25, 0.3) is 10.9 Å². The summed E-state index contributed by atoms with van der Waals surface area (Å²) in [6.45, 7) is 4.60. The minimum Gasteiger partial charge on any atom is -0.506 e. The summed E-state index contributed by atoms with van der Waals surface area (Å²) in [5.74, 6) is 6.00. The molecule has 0 bridgehead atoms. The van der Waals surface area contributed by atoms with Gasteiger partial charge < -0.3 is 46.7 Å². The van der Waals surface area contributed by atoms with E-state index in [0.717, 1.165) is 49.5 Å². The maximum atomic E-state index is 13.4. The van der Waals surface area contributed by atoms with Crippen LogP contribution in [-0.4, -0.2) is 59.7 Å². The van der Waals surface area contributed by atoms with E-state index in [1.54, 1.807) is 19.2 Å². The number of primary amides is 1. The van der Waals surface area contributed by atoms with Crippen LogP contribution in [0, 0.1) is 25.7 Å². The zero-order valence-electron chi connectivity index (χ0n) is 33.7. The number of carbonyl (C=O) groups is 3. The SMILES string of the molecule is COc1cccc(Nc2c(C(N)=O)cnc3c(C)cc(Sc4cccc(C(=O)Nc5ccc(C#CCCCNCC(O)c6ccc(O)c7c6OCC(=O)N7)c(C)c5)c4)cc23)c1. The molecule has 310 valence electrons. The molecule has 3 amide bonds. The Balaban J connectivity index is 0.948. The number of phenolic OH excluding ortho intramolecular Hbond substituents is 1. The summed E-state index contributed by atoms with van der Waals surface area (Å²) < 4.78 is 10.9. The van der Waals surface area contributed by atoms with Gasteiger partial charge in [0, 0.05) is 68.5 Å². The molecular weight excluding hydrogens is 793 g/mol. The summed E-state index contributed by atoms with van der Waals surface area (Å²) in [5.41, 5.74) is 12.5. The molecule has 0 saturated carbocycles. The van der Waals surface area contributed by atoms with E-state index in [1.165, 1.54) is 24.0 Å². The number of pyridine rings is 1. The van der Waals surface area contributed by atoms with Gasteiger partial charge in [0.2, 0.25) is 0 Å². The van der Waals surface area contributed by atoms with Crippen LogP contribution in [0.1, 0.15) is 61.9 Å². The lowest BCUT2D eigenvalue weighted by Crippen LogP contribution is -2.28. The molecule has 0 saturated heterocycles. The lowest BCUT2D eigenvalue weighted by Gasteiger charge is -2.23. The van der Waals surface area contributed by atoms with Crippen LogP contribution in [0.5, 0.6) is 17.2 Å². The zero-order chi connectivity index (χ0) is 43.0. The molecule has 0 aliphatic carbocycles. The number of aromatic nitrogens is 1. The molecule has 7 rings (SSSR count). The maximum Gasteiger partial charge on any atom is 0.262 e. The number of fused-ring (bicyclic) bond motifs is 2. The second kappa shape index (κ2) is 18.9. The molecule has 1 unspecified atom stereocenters. The number of rotatable bonds is 14. The molecular formula is C47H44N6O7S. The number of nitrogens with one attached hydrogen (secondary N) is 4. The van der Waals surface area contributed by atoms with Gasteiger partial charge in [0.25, 0.3) is 17.7 Å². The first-order valence-corrected chi connectivity index (χ1v) is 20.3. The number of nitrogens with two attached hydrogens (primary N) is 1. The van der Waals surface area contributed by atoms with E-state index >= 15 is 0 Å². The number of hydrogen-bond donors (Lipinski definition) is 7. The van der Waals surface area contributed by atoms with Gasteiger partial charge in [0.05, 0.1) is 30.0 Å². The van der Waals surface area contributed by atoms with Crippen LogP contribution in [0.4, 0.5) is 22.7 Å². The Labute approximate surface area is 357 Å². The zero-order valence-corrected chi connectivity index (χ0v) is 34.5. The van der Waals surface area contributed by atoms with E-state index in [4.69, 9.17) is 15.2 Å². The van der Waals surface area contributed by atoms with Crippen LogP contribution in [0.2, 0.25) is 0 Å². The number of nitrogens with zero attached hydrogens (tertiary/aromatic N) is 1. The maximum absolute atomic E-state index is 13.4. The van der Waals surface area contributed by atoms with Crippen LogP contribution in [0.15, 0.2) is 107 Å². The molecule has 1 aliphatic heterocycles. The number of phenols is 1. The van der Waals surface area contributed by atoms with E-state index in [2.05, 4.69) is 38.1 Å². The summed E-state index contributed by atoms with van der Waals surface area (Å²) >= 11 is 1.49. The number of aliphatic hydroxyl groups is 1. The molecule has 0 radical (unpaired) electrons. The van der Waals surface area contributed by atoms with E-state index in [-0.39, 0.29) is 47.7 Å². The Hall–Kier alpha value is -7.05. The van der Waals surface area contributed by atoms with E-state index in [9.17, 15) is 24.6 Å². The summed E-state index contributed by atoms with van der Waals surface area (Å²) in [6.07, 6.45) is 1.97. The quantitative estimate of drug-likeness (QED) is 0.0324. The highest BCUT2D eigenvalue weighted by molar-refractivity contribution is 7.99. The number of aromatic hydroxyl groups is 1. The predicted octanol–water partition coefficient (Wildman–Crippen LogP) is 7.60. The lowest BCUT2D eigenvalue weighted by molar-refractivity contribution is -0.118. The van der Waals surface area contributed by atoms with Crippen LogP contribution < -0.4 is 36.5 Å². The third-order valence-electron chi connectivity index (χ3n) is 9.91. The minimum atomic E-state index is -0.901. The van der Waals surface area contributed by atoms with Gasteiger partial charge in [-0.15, -0.1) is 0 Å². The molecule has 14 heteroatoms. The number of hydrogen-bond acceptors (Lipinski definition) is 11. The van der Waals surface area contributed by atoms with Crippen LogP contribution in [0.3, 0.4) is 0 Å². The van der Waals surface area contributed by atoms with Crippen molar-refractivity contribution in [2.45, 2.75) is 42.6 Å². The standard InChI is InChI=1S/C47H44N6O7S/c1-27-19-32(15-14-29(27)9-5-4-6-18-49-25-40(55)36-16-17-39(54)44-45(36)60-26-41(56)53-44)52-47(58)30-10-7-13-34(21-30)61-35-20-28(2)42-37(23-35)43(38(24-50-42)46(48)57)51-31-11-8-12-33(22-31)59-3/h7-8,10-17,19-24,40,49,54-55H,4,6,18,25-26H2,1-3H3,(H2,48,57)(H,50,51)(H,52,58)(H,53,56). The highest BCUT2D eigenvalue weighted by Gasteiger charge is 2.25. The van der Waals surface area contributed by atoms with Crippen molar-refractivity contribution < 1.29 is 34.1 Å². The molecule has 1 aromatic heterocycles. The number of aryl methyl sites for hydroxylation is 2. The number of anilines is 4. The van der Waals surface area contributed by atoms with Crippen molar-refractivity contribution in [2.24, 2.45) is 5.73 Å². The van der Waals surface area contributed by atoms with Gasteiger partial charge in [0.1, 0.15) is 17.2 Å². The molecule has 13 nitrogen and oxygen atoms in total. The second-order valence-electron chi connectivity index (χ2n) is 14.4. The molecule has 0 spiro atoms. The van der Waals surface area contributed by atoms with Gasteiger partial charge in [-0.25, -0.2) is 0 Å². The summed E-state index contributed by atoms with van der Waals surface area (Å²) in [5, 5.41) is 33.7. The number of amides is 3. The third kappa shape index (κ3) is 10.0. The molecule has 6 aromatic rings. The van der Waals surface area contributed by atoms with Gasteiger partial charge in [-0.1, -0.05) is 35.7 Å². The van der Waals surface area contributed by atoms with Crippen LogP contribution >= 0.6 is 11.8 Å². The van der Waals surface area contributed by atoms with Gasteiger partial charge in [-0.3, -0.25) is 19.4 Å². The van der Waals surface area contributed by atoms with Crippen molar-refractivity contribution in [3.8, 4) is 29.1 Å². The van der Waals surface area contributed by atoms with E-state index in [0.29, 0.717) is 41.2 Å². The number of benzene rings is 5. The highest BCUT2D eigenvalue weighted by Crippen LogP contribution is 2.41. The smallest absolute Gasteiger partial charge is 0.262 e. The lowest BCUT2D eigenvalue weighted by atomic mass is 10.0. The van der Waals surface area contributed by atoms with E-state index in [1.807, 2.05) is 86.6 Å². The number of methoxy groups -OCH3 is 1. The van der Waals surface area contributed by atoms with Crippen molar-refractivity contribution >= 4 is 63.1 Å². The van der Waals surface area contributed by atoms with Crippen molar-refractivity contribution in [1.29, 1.82) is 0 Å². The number of ether oxygens (including phenoxy) is 2. The topological polar surface area (TPSA) is 197 Å². The van der Waals surface area contributed by atoms with Gasteiger partial charge in [-0.05, 0) is 111 Å². The Morgan fingerprint density at radius 3 is 2.64 bits per heavy atom. The van der Waals surface area contributed by atoms with E-state index < -0.39 is 12.0 Å². The average molecular weight is 837 g/mol. The fourth-order valence-corrected chi connectivity index (χ4v) is 7.86. The van der Waals surface area contributed by atoms with Crippen molar-refractivity contribution in [2.75, 3.05) is 42.8 Å². The Bertz CT molecular complexity index is 2730. The fourth-order valence-electron chi connectivity index (χ4n) is 6.84. The molecule has 61 heavy (non-hydrogen) atoms. The number of carbonyl (C=O) groups excluding carboxylic acids is 3. The van der Waals surface area contributed by atoms with Crippen molar-refractivity contribution in [3.63, 3.8) is 0 Å². The summed E-state index contributed by atoms with van der Waals surface area (Å²) in [4.78, 5) is 43.9. The Morgan fingerprint density at radius 2 is 1.84 bits per heavy atom. The predicted molar refractivity (Wildman–Crippen MR) is 237 cm³/mol. The van der Waals surface area contributed by atoms with Gasteiger partial charge in [-0.2, -0.15) is 0 Å². The molecule has 1 aliphatic rings. The first-order chi connectivity index (χ1) is 29.5. The second-order valence-corrected chi connectivity index (χ2v) is 15.5. The Kier molecular flexibility index (Phi) is 13.0. The number of aliphatic hydroxyl groups excluding tert-OH is 1. The van der Waals surface area contributed by atoms with Gasteiger partial charge >= 0.3 is 0 Å². The first-order valence-electron chi connectivity index (χ1n) is 19.5. The monoisotopic (exact) mass is 836 g/mol. The molecule has 1 atom stereocenters. The van der Waals surface area contributed by atoms with Crippen molar-refractivity contribution in [3.05, 3.63) is 131 Å². The first kappa shape index (κ1) is 42.1. The van der Waals surface area contributed by atoms with Crippen molar-refractivity contribution in [1.82, 2.24) is 10.3 Å². The normalized spacial score (nSPS) is 12.3. The third-order valence-corrected chi connectivity index (χ3v) is 10.9. The molecule has 0 fully saturated rings. The highest BCUT2D eigenvalue weighted by atomic mass is 32.2.